The number of alkyl halides is 3. The molecule has 2 fully saturated rings. The number of aliphatic hydroxyl groups is 1. The number of nitrogens with zero attached hydrogens (tertiary/aromatic N) is 2. The van der Waals surface area contributed by atoms with Crippen LogP contribution in [-0.2, 0) is 16.6 Å². The molecule has 4 rings (SSSR count). The normalized spacial score (nSPS) is 26.8. The predicted octanol–water partition coefficient (Wildman–Crippen LogP) is 2.15. The number of rotatable bonds is 6. The van der Waals surface area contributed by atoms with Gasteiger partial charge in [-0.3, -0.25) is 9.59 Å². The maximum absolute atomic E-state index is 12.9. The van der Waals surface area contributed by atoms with E-state index in [4.69, 9.17) is 0 Å². The summed E-state index contributed by atoms with van der Waals surface area (Å²) < 4.78 is 38.7. The molecule has 1 atom stereocenters. The average Bonchev–Trinajstić information content (AvgIpc) is 3.32. The molecular weight excluding hydrogens is 463 g/mol. The molecule has 188 valence electrons. The lowest BCUT2D eigenvalue weighted by molar-refractivity contribution is -0.137. The second-order valence-electron chi connectivity index (χ2n) is 9.33. The Labute approximate surface area is 200 Å². The van der Waals surface area contributed by atoms with Gasteiger partial charge in [0.15, 0.2) is 0 Å². The van der Waals surface area contributed by atoms with Crippen LogP contribution in [0.2, 0.25) is 0 Å². The van der Waals surface area contributed by atoms with Crippen LogP contribution in [-0.4, -0.2) is 52.3 Å². The second kappa shape index (κ2) is 9.90. The second-order valence-corrected chi connectivity index (χ2v) is 9.33. The maximum Gasteiger partial charge on any atom is 0.416 e. The molecule has 0 radical (unpaired) electrons. The third-order valence-corrected chi connectivity index (χ3v) is 7.15. The van der Waals surface area contributed by atoms with E-state index in [2.05, 4.69) is 26.1 Å². The van der Waals surface area contributed by atoms with E-state index in [0.29, 0.717) is 38.6 Å². The molecule has 2 amide bonds. The Bertz CT molecular complexity index is 1050. The Kier molecular flexibility index (Phi) is 7.09. The van der Waals surface area contributed by atoms with E-state index in [1.54, 1.807) is 18.5 Å². The van der Waals surface area contributed by atoms with Gasteiger partial charge in [-0.25, -0.2) is 0 Å². The molecule has 0 spiro atoms. The van der Waals surface area contributed by atoms with Gasteiger partial charge in [-0.1, -0.05) is 6.07 Å². The van der Waals surface area contributed by atoms with Crippen LogP contribution in [0, 0.1) is 5.92 Å². The fourth-order valence-corrected chi connectivity index (χ4v) is 5.19. The van der Waals surface area contributed by atoms with Crippen LogP contribution in [0.4, 0.5) is 13.2 Å². The van der Waals surface area contributed by atoms with Crippen LogP contribution < -0.4 is 16.0 Å². The molecule has 2 heterocycles. The monoisotopic (exact) mass is 491 g/mol. The van der Waals surface area contributed by atoms with Crippen LogP contribution in [0.3, 0.4) is 0 Å². The molecule has 8 nitrogen and oxygen atoms in total. The van der Waals surface area contributed by atoms with Crippen LogP contribution in [0.1, 0.15) is 53.6 Å². The quantitative estimate of drug-likeness (QED) is 0.492. The van der Waals surface area contributed by atoms with Crippen molar-refractivity contribution in [2.75, 3.05) is 19.6 Å². The van der Waals surface area contributed by atoms with Gasteiger partial charge in [0, 0.05) is 23.9 Å². The first kappa shape index (κ1) is 25.1. The lowest BCUT2D eigenvalue weighted by Crippen LogP contribution is -2.58. The van der Waals surface area contributed by atoms with E-state index in [-0.39, 0.29) is 18.0 Å². The molecule has 2 aromatic rings. The number of benzene rings is 1. The molecule has 0 bridgehead atoms. The molecule has 35 heavy (non-hydrogen) atoms. The molecule has 1 saturated carbocycles. The molecular formula is C24H28F3N5O3. The summed E-state index contributed by atoms with van der Waals surface area (Å²) in [5, 5.41) is 27.5. The average molecular weight is 492 g/mol. The van der Waals surface area contributed by atoms with Gasteiger partial charge < -0.3 is 21.1 Å². The van der Waals surface area contributed by atoms with Gasteiger partial charge in [-0.15, -0.1) is 0 Å². The smallest absolute Gasteiger partial charge is 0.385 e. The topological polar surface area (TPSA) is 116 Å². The summed E-state index contributed by atoms with van der Waals surface area (Å²) in [6, 6.07) is 5.83. The van der Waals surface area contributed by atoms with Gasteiger partial charge in [-0.2, -0.15) is 23.4 Å². The summed E-state index contributed by atoms with van der Waals surface area (Å²) >= 11 is 0. The molecule has 0 unspecified atom stereocenters. The third-order valence-electron chi connectivity index (χ3n) is 7.15. The van der Waals surface area contributed by atoms with Gasteiger partial charge in [-0.05, 0) is 68.8 Å². The predicted molar refractivity (Wildman–Crippen MR) is 120 cm³/mol. The van der Waals surface area contributed by atoms with Crippen molar-refractivity contribution in [1.82, 2.24) is 26.1 Å². The highest BCUT2D eigenvalue weighted by atomic mass is 19.4. The number of amides is 2. The van der Waals surface area contributed by atoms with Crippen LogP contribution in [0.25, 0.3) is 0 Å². The fraction of sp³-hybridized carbons (Fsp3) is 0.500. The van der Waals surface area contributed by atoms with E-state index in [0.717, 1.165) is 30.3 Å². The first-order chi connectivity index (χ1) is 16.6. The Morgan fingerprint density at radius 1 is 1.14 bits per heavy atom. The van der Waals surface area contributed by atoms with Crippen molar-refractivity contribution in [3.05, 3.63) is 59.4 Å². The highest BCUT2D eigenvalue weighted by molar-refractivity contribution is 5.96. The van der Waals surface area contributed by atoms with Gasteiger partial charge in [0.25, 0.3) is 5.91 Å². The molecule has 2 aliphatic rings. The van der Waals surface area contributed by atoms with Crippen molar-refractivity contribution in [3.8, 4) is 0 Å². The minimum absolute atomic E-state index is 0.121. The number of aromatic nitrogens is 2. The summed E-state index contributed by atoms with van der Waals surface area (Å²) in [4.78, 5) is 25.1. The lowest BCUT2D eigenvalue weighted by atomic mass is 9.68. The lowest BCUT2D eigenvalue weighted by Gasteiger charge is -2.44. The first-order valence-electron chi connectivity index (χ1n) is 11.6. The van der Waals surface area contributed by atoms with Gasteiger partial charge in [0.2, 0.25) is 5.91 Å². The van der Waals surface area contributed by atoms with Crippen LogP contribution in [0.15, 0.2) is 42.7 Å². The van der Waals surface area contributed by atoms with Crippen molar-refractivity contribution in [2.24, 2.45) is 5.92 Å². The van der Waals surface area contributed by atoms with E-state index < -0.39 is 34.7 Å². The van der Waals surface area contributed by atoms with Gasteiger partial charge in [0.1, 0.15) is 0 Å². The SMILES string of the molecule is O=C(CNC(=O)c1cccc(C(F)(F)F)c1)N[C@@]1(C2CCC(O)(c3ccnnc3)CC2)CCNC1. The first-order valence-corrected chi connectivity index (χ1v) is 11.6. The molecule has 1 aromatic heterocycles. The Hall–Kier alpha value is -3.05. The van der Waals surface area contributed by atoms with Crippen molar-refractivity contribution in [1.29, 1.82) is 0 Å². The molecule has 11 heteroatoms. The molecule has 1 aliphatic heterocycles. The van der Waals surface area contributed by atoms with Crippen molar-refractivity contribution < 1.29 is 27.9 Å². The van der Waals surface area contributed by atoms with Crippen LogP contribution in [0.5, 0.6) is 0 Å². The zero-order valence-corrected chi connectivity index (χ0v) is 19.1. The largest absolute Gasteiger partial charge is 0.416 e. The standard InChI is InChI=1S/C24H28F3N5O3/c25-24(26,27)18-3-1-2-16(12-18)21(34)29-14-20(33)32-22(9-11-28-15-22)17-4-7-23(35,8-5-17)19-6-10-30-31-13-19/h1-3,6,10,12-13,17,28,35H,4-5,7-9,11,14-15H2,(H,29,34)(H,32,33)/t17?,22-,23?/m0/s1. The number of hydrogen-bond donors (Lipinski definition) is 4. The van der Waals surface area contributed by atoms with E-state index in [9.17, 15) is 27.9 Å². The highest BCUT2D eigenvalue weighted by Crippen LogP contribution is 2.44. The van der Waals surface area contributed by atoms with Crippen molar-refractivity contribution in [2.45, 2.75) is 49.4 Å². The maximum atomic E-state index is 12.9. The number of hydrogen-bond acceptors (Lipinski definition) is 6. The number of carbonyl (C=O) groups excluding carboxylic acids is 2. The Morgan fingerprint density at radius 3 is 2.54 bits per heavy atom. The zero-order valence-electron chi connectivity index (χ0n) is 19.1. The number of nitrogens with one attached hydrogen (secondary N) is 3. The fourth-order valence-electron chi connectivity index (χ4n) is 5.19. The summed E-state index contributed by atoms with van der Waals surface area (Å²) in [7, 11) is 0. The Morgan fingerprint density at radius 2 is 1.91 bits per heavy atom. The van der Waals surface area contributed by atoms with Crippen molar-refractivity contribution >= 4 is 11.8 Å². The summed E-state index contributed by atoms with van der Waals surface area (Å²) in [5.74, 6) is -1.04. The molecule has 1 aromatic carbocycles. The third kappa shape index (κ3) is 5.62. The van der Waals surface area contributed by atoms with Gasteiger partial charge >= 0.3 is 6.18 Å². The van der Waals surface area contributed by atoms with Crippen LogP contribution >= 0.6 is 0 Å². The zero-order chi connectivity index (χ0) is 25.1. The summed E-state index contributed by atoms with van der Waals surface area (Å²) in [5.41, 5.74) is -1.86. The number of halogens is 3. The molecule has 1 aliphatic carbocycles. The highest BCUT2D eigenvalue weighted by Gasteiger charge is 2.46. The van der Waals surface area contributed by atoms with E-state index in [1.165, 1.54) is 6.07 Å². The summed E-state index contributed by atoms with van der Waals surface area (Å²) in [6.45, 7) is 0.947. The Balaban J connectivity index is 1.36. The van der Waals surface area contributed by atoms with E-state index in [1.807, 2.05) is 0 Å². The van der Waals surface area contributed by atoms with E-state index >= 15 is 0 Å². The van der Waals surface area contributed by atoms with Crippen molar-refractivity contribution in [3.63, 3.8) is 0 Å². The number of carbonyl (C=O) groups is 2. The molecule has 1 saturated heterocycles. The minimum Gasteiger partial charge on any atom is -0.385 e. The van der Waals surface area contributed by atoms with Gasteiger partial charge in [0.05, 0.1) is 29.4 Å². The minimum atomic E-state index is -4.56. The summed E-state index contributed by atoms with van der Waals surface area (Å²) in [6.07, 6.45) is 1.70. The molecule has 4 N–H and O–H groups in total.